The number of aromatic nitrogens is 4. The normalized spacial score (nSPS) is 22.1. The number of methoxy groups -OCH3 is 1. The molecule has 3 fully saturated rings. The third-order valence-electron chi connectivity index (χ3n) is 6.74. The van der Waals surface area contributed by atoms with Gasteiger partial charge in [-0.15, -0.1) is 0 Å². The van der Waals surface area contributed by atoms with Gasteiger partial charge in [-0.1, -0.05) is 19.3 Å². The summed E-state index contributed by atoms with van der Waals surface area (Å²) in [6.45, 7) is 3.85. The van der Waals surface area contributed by atoms with Crippen LogP contribution in [0.25, 0.3) is 22.4 Å². The number of hydrogen-bond acceptors (Lipinski definition) is 6. The minimum Gasteiger partial charge on any atom is -0.496 e. The van der Waals surface area contributed by atoms with Gasteiger partial charge in [0.2, 0.25) is 0 Å². The second-order valence-electron chi connectivity index (χ2n) is 8.73. The maximum absolute atomic E-state index is 12.3. The molecule has 3 aliphatic rings. The third-order valence-corrected chi connectivity index (χ3v) is 6.74. The third kappa shape index (κ3) is 4.04. The zero-order valence-electron chi connectivity index (χ0n) is 18.2. The van der Waals surface area contributed by atoms with Crippen molar-refractivity contribution < 1.29 is 4.74 Å². The molecular formula is C23H30N6O2. The number of hydrogen-bond donors (Lipinski definition) is 2. The summed E-state index contributed by atoms with van der Waals surface area (Å²) in [6.07, 6.45) is 7.76. The second-order valence-corrected chi connectivity index (χ2v) is 8.73. The van der Waals surface area contributed by atoms with Gasteiger partial charge in [-0.3, -0.25) is 9.48 Å². The van der Waals surface area contributed by atoms with Crippen molar-refractivity contribution in [3.05, 3.63) is 34.7 Å². The molecule has 8 nitrogen and oxygen atoms in total. The Balaban J connectivity index is 0.000000289. The average molecular weight is 423 g/mol. The Kier molecular flexibility index (Phi) is 5.40. The molecule has 3 heterocycles. The van der Waals surface area contributed by atoms with E-state index < -0.39 is 0 Å². The minimum absolute atomic E-state index is 0.207. The highest BCUT2D eigenvalue weighted by molar-refractivity contribution is 5.77. The van der Waals surface area contributed by atoms with Gasteiger partial charge in [-0.25, -0.2) is 4.98 Å². The van der Waals surface area contributed by atoms with E-state index in [1.165, 1.54) is 24.5 Å². The first-order valence-electron chi connectivity index (χ1n) is 11.2. The van der Waals surface area contributed by atoms with Crippen LogP contribution in [0.15, 0.2) is 29.2 Å². The van der Waals surface area contributed by atoms with E-state index in [-0.39, 0.29) is 5.56 Å². The smallest absolute Gasteiger partial charge is 0.262 e. The van der Waals surface area contributed by atoms with E-state index in [1.807, 2.05) is 18.2 Å². The summed E-state index contributed by atoms with van der Waals surface area (Å²) in [6, 6.07) is 5.97. The Labute approximate surface area is 181 Å². The molecule has 0 spiro atoms. The molecule has 8 heteroatoms. The fourth-order valence-corrected chi connectivity index (χ4v) is 4.82. The highest BCUT2D eigenvalue weighted by atomic mass is 16.5. The van der Waals surface area contributed by atoms with Gasteiger partial charge in [0, 0.05) is 45.0 Å². The van der Waals surface area contributed by atoms with E-state index >= 15 is 0 Å². The van der Waals surface area contributed by atoms with Crippen molar-refractivity contribution in [3.8, 4) is 17.1 Å². The first-order valence-corrected chi connectivity index (χ1v) is 11.2. The Morgan fingerprint density at radius 3 is 2.58 bits per heavy atom. The molecule has 2 unspecified atom stereocenters. The largest absolute Gasteiger partial charge is 0.496 e. The van der Waals surface area contributed by atoms with E-state index in [1.54, 1.807) is 38.1 Å². The van der Waals surface area contributed by atoms with Crippen LogP contribution in [0.4, 0.5) is 5.69 Å². The Hall–Kier alpha value is -2.87. The number of fused-ring (bicyclic) bond motifs is 2. The number of nitrogens with one attached hydrogen (secondary N) is 2. The fraction of sp³-hybridized carbons (Fsp3) is 0.522. The Morgan fingerprint density at radius 1 is 1.16 bits per heavy atom. The quantitative estimate of drug-likeness (QED) is 0.675. The molecule has 2 aromatic heterocycles. The lowest BCUT2D eigenvalue weighted by atomic mass is 10.1. The van der Waals surface area contributed by atoms with Crippen LogP contribution >= 0.6 is 0 Å². The van der Waals surface area contributed by atoms with Gasteiger partial charge in [0.15, 0.2) is 5.65 Å². The molecule has 2 saturated carbocycles. The van der Waals surface area contributed by atoms with Crippen molar-refractivity contribution >= 4 is 16.7 Å². The van der Waals surface area contributed by atoms with Crippen LogP contribution in [0, 0.1) is 11.8 Å². The molecule has 3 aromatic rings. The van der Waals surface area contributed by atoms with Gasteiger partial charge < -0.3 is 19.9 Å². The number of benzene rings is 1. The summed E-state index contributed by atoms with van der Waals surface area (Å²) >= 11 is 0. The van der Waals surface area contributed by atoms with Crippen LogP contribution < -0.4 is 20.5 Å². The summed E-state index contributed by atoms with van der Waals surface area (Å²) < 4.78 is 7.16. The molecule has 1 aromatic carbocycles. The van der Waals surface area contributed by atoms with E-state index in [0.717, 1.165) is 37.4 Å². The van der Waals surface area contributed by atoms with Crippen LogP contribution in [-0.2, 0) is 7.05 Å². The molecular weight excluding hydrogens is 392 g/mol. The van der Waals surface area contributed by atoms with Crippen LogP contribution in [0.3, 0.4) is 0 Å². The number of aromatic amines is 1. The lowest BCUT2D eigenvalue weighted by Crippen LogP contribution is -2.43. The molecule has 1 saturated heterocycles. The van der Waals surface area contributed by atoms with Crippen molar-refractivity contribution in [2.45, 2.75) is 25.7 Å². The topological polar surface area (TPSA) is 88.1 Å². The van der Waals surface area contributed by atoms with Crippen LogP contribution in [-0.4, -0.2) is 53.0 Å². The summed E-state index contributed by atoms with van der Waals surface area (Å²) in [4.78, 5) is 22.0. The number of nitrogens with zero attached hydrogens (tertiary/aromatic N) is 4. The number of rotatable bonds is 3. The number of piperazine rings is 1. The lowest BCUT2D eigenvalue weighted by molar-refractivity contribution is 0.416. The first kappa shape index (κ1) is 20.1. The summed E-state index contributed by atoms with van der Waals surface area (Å²) in [5.41, 5.74) is 2.20. The Morgan fingerprint density at radius 2 is 1.94 bits per heavy atom. The van der Waals surface area contributed by atoms with Gasteiger partial charge in [0.1, 0.15) is 17.0 Å². The summed E-state index contributed by atoms with van der Waals surface area (Å²) in [5, 5.41) is 7.92. The van der Waals surface area contributed by atoms with Crippen molar-refractivity contribution in [2.75, 3.05) is 38.2 Å². The second kappa shape index (κ2) is 8.34. The number of anilines is 1. The average Bonchev–Trinajstić information content (AvgIpc) is 3.21. The van der Waals surface area contributed by atoms with Gasteiger partial charge in [-0.2, -0.15) is 5.10 Å². The highest BCUT2D eigenvalue weighted by Gasteiger charge is 2.40. The molecule has 164 valence electrons. The number of ether oxygens (including phenoxy) is 1. The molecule has 1 aliphatic heterocycles. The first-order chi connectivity index (χ1) is 15.1. The van der Waals surface area contributed by atoms with Crippen LogP contribution in [0.1, 0.15) is 25.7 Å². The number of aryl methyl sites for hydroxylation is 1. The zero-order valence-corrected chi connectivity index (χ0v) is 18.2. The molecule has 2 aliphatic carbocycles. The fourth-order valence-electron chi connectivity index (χ4n) is 4.82. The maximum Gasteiger partial charge on any atom is 0.262 e. The summed E-state index contributed by atoms with van der Waals surface area (Å²) in [5.74, 6) is 3.58. The maximum atomic E-state index is 12.3. The summed E-state index contributed by atoms with van der Waals surface area (Å²) in [7, 11) is 3.39. The van der Waals surface area contributed by atoms with Gasteiger partial charge in [0.25, 0.3) is 5.56 Å². The highest BCUT2D eigenvalue weighted by Crippen LogP contribution is 2.51. The van der Waals surface area contributed by atoms with Crippen molar-refractivity contribution in [1.82, 2.24) is 25.1 Å². The van der Waals surface area contributed by atoms with Crippen molar-refractivity contribution in [3.63, 3.8) is 0 Å². The standard InChI is InChI=1S/C17H20N6O2.C6H10/c1-22-16-13(10-19-22)17(24)21-15(20-16)12-4-3-11(9-14(12)25-2)23-7-5-18-6-8-23;1-2-5-4-6(5)3-1/h3-4,9-10,18H,5-8H2,1-2H3,(H,20,21,24);5-6H,1-4H2. The van der Waals surface area contributed by atoms with Crippen LogP contribution in [0.5, 0.6) is 5.75 Å². The predicted octanol–water partition coefficient (Wildman–Crippen LogP) is 2.55. The monoisotopic (exact) mass is 422 g/mol. The molecule has 31 heavy (non-hydrogen) atoms. The SMILES string of the molecule is C1CC2CC2C1.COc1cc(N2CCNCC2)ccc1-c1nc2c(cnn2C)c(=O)[nH]1. The molecule has 6 rings (SSSR count). The molecule has 2 atom stereocenters. The van der Waals surface area contributed by atoms with E-state index in [4.69, 9.17) is 4.74 Å². The molecule has 0 bridgehead atoms. The minimum atomic E-state index is -0.207. The Bertz CT molecular complexity index is 1120. The van der Waals surface area contributed by atoms with Crippen molar-refractivity contribution in [1.29, 1.82) is 0 Å². The van der Waals surface area contributed by atoms with E-state index in [2.05, 4.69) is 25.3 Å². The van der Waals surface area contributed by atoms with Gasteiger partial charge >= 0.3 is 0 Å². The van der Waals surface area contributed by atoms with Crippen molar-refractivity contribution in [2.24, 2.45) is 18.9 Å². The molecule has 0 radical (unpaired) electrons. The lowest BCUT2D eigenvalue weighted by Gasteiger charge is -2.29. The molecule has 2 N–H and O–H groups in total. The van der Waals surface area contributed by atoms with Gasteiger partial charge in [0.05, 0.1) is 18.9 Å². The van der Waals surface area contributed by atoms with Crippen LogP contribution in [0.2, 0.25) is 0 Å². The van der Waals surface area contributed by atoms with Gasteiger partial charge in [-0.05, 0) is 30.4 Å². The van der Waals surface area contributed by atoms with E-state index in [9.17, 15) is 4.79 Å². The predicted molar refractivity (Wildman–Crippen MR) is 122 cm³/mol. The molecule has 0 amide bonds. The number of H-pyrrole nitrogens is 1. The zero-order chi connectivity index (χ0) is 21.4. The van der Waals surface area contributed by atoms with E-state index in [0.29, 0.717) is 22.6 Å².